The molecule has 0 radical (unpaired) electrons. The van der Waals surface area contributed by atoms with Gasteiger partial charge in [-0.2, -0.15) is 0 Å². The Morgan fingerprint density at radius 2 is 1.76 bits per heavy atom. The molecule has 0 spiro atoms. The first-order valence-electron chi connectivity index (χ1n) is 8.31. The van der Waals surface area contributed by atoms with Gasteiger partial charge in [0.2, 0.25) is 0 Å². The van der Waals surface area contributed by atoms with Gasteiger partial charge >= 0.3 is 0 Å². The minimum atomic E-state index is -0.0461. The van der Waals surface area contributed by atoms with Crippen LogP contribution >= 0.6 is 0 Å². The molecule has 0 unspecified atom stereocenters. The zero-order valence-electron chi connectivity index (χ0n) is 15.3. The van der Waals surface area contributed by atoms with Crippen molar-refractivity contribution in [1.82, 2.24) is 0 Å². The normalized spacial score (nSPS) is 18.8. The summed E-state index contributed by atoms with van der Waals surface area (Å²) in [5, 5.41) is 0. The fourth-order valence-corrected chi connectivity index (χ4v) is 3.33. The van der Waals surface area contributed by atoms with Crippen LogP contribution in [-0.2, 0) is 4.74 Å². The van der Waals surface area contributed by atoms with E-state index in [0.29, 0.717) is 0 Å². The molecule has 2 aromatic rings. The van der Waals surface area contributed by atoms with Crippen molar-refractivity contribution in [2.45, 2.75) is 25.9 Å². The number of ether oxygens (including phenoxy) is 4. The molecule has 2 aromatic carbocycles. The van der Waals surface area contributed by atoms with E-state index in [4.69, 9.17) is 18.9 Å². The van der Waals surface area contributed by atoms with Crippen molar-refractivity contribution < 1.29 is 18.9 Å². The standard InChI is InChI=1S/C21H24O4/c1-13-10-16(6-7-18(13)23-4)20-14(2)17-11-15(8-9-22-3)12-19(24-5)21(17)25-20/h6-12,14,20H,1-5H3/b9-8+/t14-,20-/m0/s1. The predicted octanol–water partition coefficient (Wildman–Crippen LogP) is 4.87. The molecule has 1 aliphatic heterocycles. The van der Waals surface area contributed by atoms with Crippen molar-refractivity contribution in [2.75, 3.05) is 21.3 Å². The Balaban J connectivity index is 1.98. The molecule has 2 atom stereocenters. The molecule has 4 heteroatoms. The lowest BCUT2D eigenvalue weighted by molar-refractivity contribution is 0.208. The molecule has 0 aromatic heterocycles. The monoisotopic (exact) mass is 340 g/mol. The molecular formula is C21H24O4. The van der Waals surface area contributed by atoms with Gasteiger partial charge in [0.05, 0.1) is 27.6 Å². The van der Waals surface area contributed by atoms with Gasteiger partial charge in [-0.15, -0.1) is 0 Å². The molecule has 0 saturated carbocycles. The Labute approximate surface area is 149 Å². The SMILES string of the molecule is CO/C=C/c1cc(OC)c2c(c1)[C@H](C)[C@@H](c1ccc(OC)c(C)c1)O2. The van der Waals surface area contributed by atoms with E-state index in [1.165, 1.54) is 0 Å². The fourth-order valence-electron chi connectivity index (χ4n) is 3.33. The second-order valence-corrected chi connectivity index (χ2v) is 6.24. The number of benzene rings is 2. The highest BCUT2D eigenvalue weighted by atomic mass is 16.5. The van der Waals surface area contributed by atoms with E-state index in [9.17, 15) is 0 Å². The molecular weight excluding hydrogens is 316 g/mol. The van der Waals surface area contributed by atoms with Crippen LogP contribution in [0.5, 0.6) is 17.2 Å². The average molecular weight is 340 g/mol. The van der Waals surface area contributed by atoms with Crippen LogP contribution in [0.4, 0.5) is 0 Å². The predicted molar refractivity (Wildman–Crippen MR) is 98.6 cm³/mol. The summed E-state index contributed by atoms with van der Waals surface area (Å²) in [6, 6.07) is 10.3. The maximum atomic E-state index is 6.29. The van der Waals surface area contributed by atoms with Gasteiger partial charge < -0.3 is 18.9 Å². The van der Waals surface area contributed by atoms with Crippen molar-refractivity contribution >= 4 is 6.08 Å². The summed E-state index contributed by atoms with van der Waals surface area (Å²) in [5.74, 6) is 2.67. The Hall–Kier alpha value is -2.62. The lowest BCUT2D eigenvalue weighted by Gasteiger charge is -2.17. The third kappa shape index (κ3) is 3.16. The highest BCUT2D eigenvalue weighted by molar-refractivity contribution is 5.61. The largest absolute Gasteiger partial charge is 0.504 e. The van der Waals surface area contributed by atoms with E-state index in [0.717, 1.165) is 39.5 Å². The molecule has 1 heterocycles. The summed E-state index contributed by atoms with van der Waals surface area (Å²) >= 11 is 0. The minimum Gasteiger partial charge on any atom is -0.504 e. The van der Waals surface area contributed by atoms with Gasteiger partial charge in [0, 0.05) is 11.5 Å². The van der Waals surface area contributed by atoms with Crippen LogP contribution < -0.4 is 14.2 Å². The average Bonchev–Trinajstić information content (AvgIpc) is 2.96. The third-order valence-electron chi connectivity index (χ3n) is 4.66. The lowest BCUT2D eigenvalue weighted by atomic mass is 9.91. The maximum absolute atomic E-state index is 6.29. The Kier molecular flexibility index (Phi) is 4.88. The number of aryl methyl sites for hydroxylation is 1. The second kappa shape index (κ2) is 7.09. The summed E-state index contributed by atoms with van der Waals surface area (Å²) < 4.78 is 22.2. The molecule has 4 nitrogen and oxygen atoms in total. The molecule has 0 fully saturated rings. The molecule has 0 aliphatic carbocycles. The minimum absolute atomic E-state index is 0.0461. The zero-order valence-corrected chi connectivity index (χ0v) is 15.3. The molecule has 1 aliphatic rings. The molecule has 0 bridgehead atoms. The first kappa shape index (κ1) is 17.2. The van der Waals surface area contributed by atoms with E-state index in [1.54, 1.807) is 27.6 Å². The quantitative estimate of drug-likeness (QED) is 0.728. The van der Waals surface area contributed by atoms with Gasteiger partial charge in [-0.3, -0.25) is 0 Å². The van der Waals surface area contributed by atoms with Crippen LogP contribution in [0.15, 0.2) is 36.6 Å². The fraction of sp³-hybridized carbons (Fsp3) is 0.333. The van der Waals surface area contributed by atoms with Gasteiger partial charge in [-0.05, 0) is 54.0 Å². The number of methoxy groups -OCH3 is 3. The molecule has 0 N–H and O–H groups in total. The number of hydrogen-bond acceptors (Lipinski definition) is 4. The van der Waals surface area contributed by atoms with Crippen LogP contribution in [0.25, 0.3) is 6.08 Å². The highest BCUT2D eigenvalue weighted by Gasteiger charge is 2.35. The maximum Gasteiger partial charge on any atom is 0.165 e. The lowest BCUT2D eigenvalue weighted by Crippen LogP contribution is -2.07. The Morgan fingerprint density at radius 3 is 2.40 bits per heavy atom. The summed E-state index contributed by atoms with van der Waals surface area (Å²) in [4.78, 5) is 0. The summed E-state index contributed by atoms with van der Waals surface area (Å²) in [5.41, 5.74) is 4.41. The van der Waals surface area contributed by atoms with E-state index >= 15 is 0 Å². The summed E-state index contributed by atoms with van der Waals surface area (Å²) in [7, 11) is 4.99. The zero-order chi connectivity index (χ0) is 18.0. The van der Waals surface area contributed by atoms with Gasteiger partial charge in [0.15, 0.2) is 11.5 Å². The molecule has 25 heavy (non-hydrogen) atoms. The van der Waals surface area contributed by atoms with Crippen molar-refractivity contribution in [1.29, 1.82) is 0 Å². The van der Waals surface area contributed by atoms with Crippen LogP contribution in [0.3, 0.4) is 0 Å². The van der Waals surface area contributed by atoms with Crippen LogP contribution in [0.1, 0.15) is 41.2 Å². The molecule has 0 amide bonds. The molecule has 3 rings (SSSR count). The van der Waals surface area contributed by atoms with Crippen molar-refractivity contribution in [3.63, 3.8) is 0 Å². The van der Waals surface area contributed by atoms with Crippen LogP contribution in [-0.4, -0.2) is 21.3 Å². The molecule has 132 valence electrons. The van der Waals surface area contributed by atoms with Crippen molar-refractivity contribution in [3.8, 4) is 17.2 Å². The van der Waals surface area contributed by atoms with Gasteiger partial charge in [-0.25, -0.2) is 0 Å². The number of fused-ring (bicyclic) bond motifs is 1. The van der Waals surface area contributed by atoms with Gasteiger partial charge in [0.25, 0.3) is 0 Å². The topological polar surface area (TPSA) is 36.9 Å². The first-order chi connectivity index (χ1) is 12.1. The van der Waals surface area contributed by atoms with E-state index < -0.39 is 0 Å². The van der Waals surface area contributed by atoms with Gasteiger partial charge in [0.1, 0.15) is 11.9 Å². The second-order valence-electron chi connectivity index (χ2n) is 6.24. The van der Waals surface area contributed by atoms with Crippen LogP contribution in [0.2, 0.25) is 0 Å². The number of hydrogen-bond donors (Lipinski definition) is 0. The van der Waals surface area contributed by atoms with Crippen molar-refractivity contribution in [2.24, 2.45) is 0 Å². The van der Waals surface area contributed by atoms with E-state index in [1.807, 2.05) is 25.1 Å². The van der Waals surface area contributed by atoms with E-state index in [-0.39, 0.29) is 12.0 Å². The summed E-state index contributed by atoms with van der Waals surface area (Å²) in [6.45, 7) is 4.22. The van der Waals surface area contributed by atoms with Crippen molar-refractivity contribution in [3.05, 3.63) is 58.8 Å². The number of rotatable bonds is 5. The van der Waals surface area contributed by atoms with Gasteiger partial charge in [-0.1, -0.05) is 13.0 Å². The first-order valence-corrected chi connectivity index (χ1v) is 8.31. The Morgan fingerprint density at radius 1 is 1.00 bits per heavy atom. The van der Waals surface area contributed by atoms with Crippen LogP contribution in [0, 0.1) is 6.92 Å². The highest BCUT2D eigenvalue weighted by Crippen LogP contribution is 2.51. The Bertz CT molecular complexity index is 795. The molecule has 0 saturated heterocycles. The smallest absolute Gasteiger partial charge is 0.165 e. The third-order valence-corrected chi connectivity index (χ3v) is 4.66. The summed E-state index contributed by atoms with van der Waals surface area (Å²) in [6.07, 6.45) is 3.53. The van der Waals surface area contributed by atoms with E-state index in [2.05, 4.69) is 25.1 Å².